The molecule has 1 amide bonds. The van der Waals surface area contributed by atoms with Crippen LogP contribution in [0.3, 0.4) is 0 Å². The normalized spacial score (nSPS) is 16.2. The second-order valence-corrected chi connectivity index (χ2v) is 4.83. The third-order valence-electron chi connectivity index (χ3n) is 3.41. The lowest BCUT2D eigenvalue weighted by molar-refractivity contribution is 0.0941. The quantitative estimate of drug-likeness (QED) is 0.766. The van der Waals surface area contributed by atoms with E-state index < -0.39 is 5.91 Å². The molecule has 0 atom stereocenters. The van der Waals surface area contributed by atoms with E-state index in [1.54, 1.807) is 0 Å². The molecule has 5 heteroatoms. The molecule has 0 unspecified atom stereocenters. The summed E-state index contributed by atoms with van der Waals surface area (Å²) < 4.78 is 0. The molecule has 1 heterocycles. The van der Waals surface area contributed by atoms with Crippen LogP contribution in [-0.4, -0.2) is 47.2 Å². The smallest absolute Gasteiger partial charge is 0.258 e. The first-order valence-corrected chi connectivity index (χ1v) is 6.70. The maximum atomic E-state index is 11.9. The van der Waals surface area contributed by atoms with Crippen LogP contribution in [0.2, 0.25) is 0 Å². The van der Waals surface area contributed by atoms with Gasteiger partial charge >= 0.3 is 0 Å². The molecule has 3 N–H and O–H groups in total. The summed E-state index contributed by atoms with van der Waals surface area (Å²) in [5.74, 6) is -0.835. The number of piperidine rings is 1. The van der Waals surface area contributed by atoms with Crippen LogP contribution in [0.25, 0.3) is 0 Å². The van der Waals surface area contributed by atoms with Gasteiger partial charge in [0, 0.05) is 13.1 Å². The highest BCUT2D eigenvalue weighted by molar-refractivity contribution is 5.99. The van der Waals surface area contributed by atoms with Gasteiger partial charge in [0.2, 0.25) is 0 Å². The van der Waals surface area contributed by atoms with Gasteiger partial charge in [-0.25, -0.2) is 0 Å². The van der Waals surface area contributed by atoms with E-state index in [1.165, 1.54) is 37.5 Å². The minimum Gasteiger partial charge on any atom is -0.507 e. The Morgan fingerprint density at radius 3 is 2.42 bits per heavy atom. The zero-order chi connectivity index (χ0) is 13.7. The standard InChI is InChI=1S/C14H20N2O3/c17-11-5-4-6-12(18)13(11)14(19)15-7-10-16-8-2-1-3-9-16/h4-6,17-18H,1-3,7-10H2,(H,15,19). The number of nitrogens with zero attached hydrogens (tertiary/aromatic N) is 1. The predicted octanol–water partition coefficient (Wildman–Crippen LogP) is 1.31. The van der Waals surface area contributed by atoms with Gasteiger partial charge in [-0.3, -0.25) is 4.79 Å². The molecule has 19 heavy (non-hydrogen) atoms. The van der Waals surface area contributed by atoms with Crippen molar-refractivity contribution < 1.29 is 15.0 Å². The highest BCUT2D eigenvalue weighted by Crippen LogP contribution is 2.25. The Kier molecular flexibility index (Phi) is 4.63. The molecule has 2 rings (SSSR count). The lowest BCUT2D eigenvalue weighted by Crippen LogP contribution is -2.37. The van der Waals surface area contributed by atoms with Crippen LogP contribution in [0.5, 0.6) is 11.5 Å². The van der Waals surface area contributed by atoms with Gasteiger partial charge in [0.1, 0.15) is 17.1 Å². The molecule has 0 bridgehead atoms. The summed E-state index contributed by atoms with van der Waals surface area (Å²) in [6, 6.07) is 4.27. The summed E-state index contributed by atoms with van der Waals surface area (Å²) in [4.78, 5) is 14.2. The fraction of sp³-hybridized carbons (Fsp3) is 0.500. The average Bonchev–Trinajstić information content (AvgIpc) is 2.40. The molecular formula is C14H20N2O3. The lowest BCUT2D eigenvalue weighted by Gasteiger charge is -2.26. The number of likely N-dealkylation sites (tertiary alicyclic amines) is 1. The summed E-state index contributed by atoms with van der Waals surface area (Å²) in [7, 11) is 0. The molecule has 5 nitrogen and oxygen atoms in total. The van der Waals surface area contributed by atoms with Gasteiger partial charge in [-0.1, -0.05) is 12.5 Å². The molecule has 0 saturated carbocycles. The number of carbonyl (C=O) groups is 1. The minimum absolute atomic E-state index is 0.0545. The summed E-state index contributed by atoms with van der Waals surface area (Å²) in [6.45, 7) is 3.49. The first-order valence-electron chi connectivity index (χ1n) is 6.70. The van der Waals surface area contributed by atoms with Gasteiger partial charge in [-0.2, -0.15) is 0 Å². The Bertz CT molecular complexity index is 422. The zero-order valence-electron chi connectivity index (χ0n) is 10.9. The number of aromatic hydroxyl groups is 2. The van der Waals surface area contributed by atoms with E-state index in [0.29, 0.717) is 6.54 Å². The Labute approximate surface area is 112 Å². The van der Waals surface area contributed by atoms with Crippen molar-refractivity contribution in [2.75, 3.05) is 26.2 Å². The molecule has 1 aliphatic rings. The summed E-state index contributed by atoms with van der Waals surface area (Å²) in [6.07, 6.45) is 3.72. The van der Waals surface area contributed by atoms with E-state index >= 15 is 0 Å². The second-order valence-electron chi connectivity index (χ2n) is 4.83. The molecule has 0 radical (unpaired) electrons. The number of hydrogen-bond acceptors (Lipinski definition) is 4. The van der Waals surface area contributed by atoms with Crippen LogP contribution in [0.1, 0.15) is 29.6 Å². The summed E-state index contributed by atoms with van der Waals surface area (Å²) in [5.41, 5.74) is -0.0545. The first kappa shape index (κ1) is 13.7. The lowest BCUT2D eigenvalue weighted by atomic mass is 10.1. The van der Waals surface area contributed by atoms with Gasteiger partial charge in [-0.15, -0.1) is 0 Å². The Hall–Kier alpha value is -1.75. The maximum absolute atomic E-state index is 11.9. The molecule has 1 aromatic carbocycles. The van der Waals surface area contributed by atoms with Crippen molar-refractivity contribution in [1.29, 1.82) is 0 Å². The van der Waals surface area contributed by atoms with Crippen molar-refractivity contribution >= 4 is 5.91 Å². The number of phenolic OH excluding ortho intramolecular Hbond substituents is 2. The maximum Gasteiger partial charge on any atom is 0.258 e. The summed E-state index contributed by atoms with van der Waals surface area (Å²) in [5, 5.41) is 21.9. The predicted molar refractivity (Wildman–Crippen MR) is 72.4 cm³/mol. The van der Waals surface area contributed by atoms with Crippen LogP contribution in [0.15, 0.2) is 18.2 Å². The minimum atomic E-state index is -0.437. The molecule has 1 saturated heterocycles. The Morgan fingerprint density at radius 2 is 1.79 bits per heavy atom. The molecule has 1 aliphatic heterocycles. The number of hydrogen-bond donors (Lipinski definition) is 3. The van der Waals surface area contributed by atoms with Crippen LogP contribution < -0.4 is 5.32 Å². The second kappa shape index (κ2) is 6.43. The van der Waals surface area contributed by atoms with Crippen LogP contribution in [0.4, 0.5) is 0 Å². The van der Waals surface area contributed by atoms with Crippen LogP contribution in [0, 0.1) is 0 Å². The van der Waals surface area contributed by atoms with Crippen molar-refractivity contribution in [2.45, 2.75) is 19.3 Å². The third-order valence-corrected chi connectivity index (χ3v) is 3.41. The molecule has 0 aliphatic carbocycles. The topological polar surface area (TPSA) is 72.8 Å². The number of nitrogens with one attached hydrogen (secondary N) is 1. The molecular weight excluding hydrogens is 244 g/mol. The van der Waals surface area contributed by atoms with Crippen LogP contribution in [-0.2, 0) is 0 Å². The SMILES string of the molecule is O=C(NCCN1CCCCC1)c1c(O)cccc1O. The molecule has 0 spiro atoms. The Balaban J connectivity index is 1.84. The van der Waals surface area contributed by atoms with Crippen molar-refractivity contribution in [3.63, 3.8) is 0 Å². The molecule has 1 fully saturated rings. The molecule has 104 valence electrons. The highest BCUT2D eigenvalue weighted by Gasteiger charge is 2.16. The zero-order valence-corrected chi connectivity index (χ0v) is 10.9. The van der Waals surface area contributed by atoms with E-state index in [1.807, 2.05) is 0 Å². The van der Waals surface area contributed by atoms with E-state index in [2.05, 4.69) is 10.2 Å². The van der Waals surface area contributed by atoms with E-state index in [4.69, 9.17) is 0 Å². The van der Waals surface area contributed by atoms with E-state index in [0.717, 1.165) is 19.6 Å². The molecule has 0 aromatic heterocycles. The van der Waals surface area contributed by atoms with Crippen molar-refractivity contribution in [3.8, 4) is 11.5 Å². The van der Waals surface area contributed by atoms with E-state index in [9.17, 15) is 15.0 Å². The van der Waals surface area contributed by atoms with Gasteiger partial charge in [-0.05, 0) is 38.1 Å². The third kappa shape index (κ3) is 3.61. The number of phenols is 2. The largest absolute Gasteiger partial charge is 0.507 e. The number of amides is 1. The highest BCUT2D eigenvalue weighted by atomic mass is 16.3. The van der Waals surface area contributed by atoms with Crippen molar-refractivity contribution in [1.82, 2.24) is 10.2 Å². The van der Waals surface area contributed by atoms with Gasteiger partial charge in [0.15, 0.2) is 0 Å². The van der Waals surface area contributed by atoms with Gasteiger partial charge in [0.05, 0.1) is 0 Å². The summed E-state index contributed by atoms with van der Waals surface area (Å²) >= 11 is 0. The first-order chi connectivity index (χ1) is 9.18. The van der Waals surface area contributed by atoms with Crippen LogP contribution >= 0.6 is 0 Å². The van der Waals surface area contributed by atoms with Gasteiger partial charge in [0.25, 0.3) is 5.91 Å². The fourth-order valence-corrected chi connectivity index (χ4v) is 2.36. The Morgan fingerprint density at radius 1 is 1.16 bits per heavy atom. The average molecular weight is 264 g/mol. The monoisotopic (exact) mass is 264 g/mol. The fourth-order valence-electron chi connectivity index (χ4n) is 2.36. The number of rotatable bonds is 4. The molecule has 1 aromatic rings. The number of carbonyl (C=O) groups excluding carboxylic acids is 1. The number of benzene rings is 1. The van der Waals surface area contributed by atoms with Crippen molar-refractivity contribution in [3.05, 3.63) is 23.8 Å². The van der Waals surface area contributed by atoms with Gasteiger partial charge < -0.3 is 20.4 Å². The van der Waals surface area contributed by atoms with Crippen molar-refractivity contribution in [2.24, 2.45) is 0 Å². The van der Waals surface area contributed by atoms with E-state index in [-0.39, 0.29) is 17.1 Å².